The van der Waals surface area contributed by atoms with E-state index in [4.69, 9.17) is 15.2 Å². The maximum Gasteiger partial charge on any atom is 0.191 e. The molecular weight excluding hydrogens is 373 g/mol. The van der Waals surface area contributed by atoms with Gasteiger partial charge in [0, 0.05) is 11.6 Å². The van der Waals surface area contributed by atoms with E-state index in [1.807, 2.05) is 24.7 Å². The molecule has 4 rings (SSSR count). The van der Waals surface area contributed by atoms with Crippen LogP contribution >= 0.6 is 20.2 Å². The molecule has 1 saturated heterocycles. The second-order valence-electron chi connectivity index (χ2n) is 7.65. The summed E-state index contributed by atoms with van der Waals surface area (Å²) < 4.78 is 25.8. The fourth-order valence-corrected chi connectivity index (χ4v) is 5.10. The average Bonchev–Trinajstić information content (AvgIpc) is 3.20. The van der Waals surface area contributed by atoms with E-state index in [1.165, 1.54) is 11.8 Å². The Kier molecular flexibility index (Phi) is 4.26. The molecule has 1 aliphatic carbocycles. The smallest absolute Gasteiger partial charge is 0.191 e. The summed E-state index contributed by atoms with van der Waals surface area (Å²) >= 11 is 1.44. The lowest BCUT2D eigenvalue weighted by molar-refractivity contribution is -0.166. The number of rotatable bonds is 4. The Labute approximate surface area is 157 Å². The molecule has 10 heteroatoms. The summed E-state index contributed by atoms with van der Waals surface area (Å²) in [7, 11) is 0.111. The van der Waals surface area contributed by atoms with Gasteiger partial charge in [0.2, 0.25) is 0 Å². The number of ether oxygens (including phenoxy) is 2. The van der Waals surface area contributed by atoms with Crippen molar-refractivity contribution in [1.29, 1.82) is 0 Å². The van der Waals surface area contributed by atoms with Crippen molar-refractivity contribution in [3.8, 4) is 0 Å². The zero-order chi connectivity index (χ0) is 18.7. The molecule has 0 aromatic carbocycles. The Morgan fingerprint density at radius 3 is 2.85 bits per heavy atom. The predicted molar refractivity (Wildman–Crippen MR) is 99.6 cm³/mol. The van der Waals surface area contributed by atoms with Crippen LogP contribution in [0.4, 0.5) is 5.82 Å². The van der Waals surface area contributed by atoms with Crippen molar-refractivity contribution in [3.63, 3.8) is 0 Å². The zero-order valence-electron chi connectivity index (χ0n) is 15.2. The third kappa shape index (κ3) is 2.72. The molecule has 0 spiro atoms. The van der Waals surface area contributed by atoms with Crippen LogP contribution < -0.4 is 5.73 Å². The molecule has 2 aromatic rings. The number of nitrogen functional groups attached to an aromatic ring is 1. The largest absolute Gasteiger partial charge is 0.382 e. The van der Waals surface area contributed by atoms with Crippen molar-refractivity contribution in [1.82, 2.24) is 19.5 Å². The first-order valence-corrected chi connectivity index (χ1v) is 10.7. The summed E-state index contributed by atoms with van der Waals surface area (Å²) in [6, 6.07) is -0.0254. The van der Waals surface area contributed by atoms with Crippen LogP contribution in [0.1, 0.15) is 33.2 Å². The van der Waals surface area contributed by atoms with E-state index in [-0.39, 0.29) is 32.1 Å². The minimum atomic E-state index is -0.677. The standard InChI is InChI=1S/C16H22N5O3PS/c1-15(2)23-10-8(5-16(3,6-25-22)11(10)24-15)21-7-18-9-12(17)19-14(26-4)20-13(9)21/h7-8,10-11H,5-6H2,1-4H3,(H2,17,19,20)/t8-,10-,11?,16-/m1/s1. The molecule has 0 bridgehead atoms. The normalized spacial score (nSPS) is 33.2. The van der Waals surface area contributed by atoms with Gasteiger partial charge in [-0.15, -0.1) is 0 Å². The van der Waals surface area contributed by atoms with E-state index in [2.05, 4.69) is 21.9 Å². The highest BCUT2D eigenvalue weighted by Gasteiger charge is 2.60. The zero-order valence-corrected chi connectivity index (χ0v) is 16.9. The van der Waals surface area contributed by atoms with Crippen LogP contribution in [0.2, 0.25) is 0 Å². The van der Waals surface area contributed by atoms with Crippen LogP contribution in [-0.2, 0) is 14.0 Å². The number of nitrogens with zero attached hydrogens (tertiary/aromatic N) is 4. The van der Waals surface area contributed by atoms with Gasteiger partial charge in [0.05, 0.1) is 18.5 Å². The van der Waals surface area contributed by atoms with E-state index in [1.54, 1.807) is 6.33 Å². The number of imidazole rings is 1. The third-order valence-electron chi connectivity index (χ3n) is 5.26. The van der Waals surface area contributed by atoms with Crippen molar-refractivity contribution < 1.29 is 14.0 Å². The van der Waals surface area contributed by atoms with Gasteiger partial charge < -0.3 is 19.8 Å². The Bertz CT molecular complexity index is 875. The number of thioether (sulfide) groups is 1. The van der Waals surface area contributed by atoms with Gasteiger partial charge in [-0.2, -0.15) is 0 Å². The van der Waals surface area contributed by atoms with Crippen molar-refractivity contribution in [2.24, 2.45) is 5.41 Å². The van der Waals surface area contributed by atoms with E-state index < -0.39 is 5.79 Å². The van der Waals surface area contributed by atoms with Gasteiger partial charge in [-0.3, -0.25) is 4.57 Å². The first kappa shape index (κ1) is 18.1. The quantitative estimate of drug-likeness (QED) is 0.479. The predicted octanol–water partition coefficient (Wildman–Crippen LogP) is 2.89. The molecule has 4 atom stereocenters. The molecule has 1 aliphatic heterocycles. The number of anilines is 1. The molecule has 2 fully saturated rings. The minimum absolute atomic E-state index is 0.0254. The number of fused-ring (bicyclic) bond motifs is 2. The highest BCUT2D eigenvalue weighted by Crippen LogP contribution is 2.54. The molecule has 1 unspecified atom stereocenters. The highest BCUT2D eigenvalue weighted by atomic mass is 32.2. The van der Waals surface area contributed by atoms with Crippen LogP contribution in [0, 0.1) is 5.41 Å². The lowest BCUT2D eigenvalue weighted by atomic mass is 9.88. The van der Waals surface area contributed by atoms with Crippen LogP contribution in [0.25, 0.3) is 11.2 Å². The molecule has 26 heavy (non-hydrogen) atoms. The number of hydrogen-bond acceptors (Lipinski definition) is 8. The average molecular weight is 395 g/mol. The highest BCUT2D eigenvalue weighted by molar-refractivity contribution is 7.98. The second kappa shape index (κ2) is 6.12. The van der Waals surface area contributed by atoms with Gasteiger partial charge in [0.15, 0.2) is 30.9 Å². The first-order chi connectivity index (χ1) is 12.3. The fraction of sp³-hybridized carbons (Fsp3) is 0.688. The van der Waals surface area contributed by atoms with Gasteiger partial charge in [-0.25, -0.2) is 15.0 Å². The van der Waals surface area contributed by atoms with Crippen molar-refractivity contribution in [2.75, 3.05) is 18.2 Å². The van der Waals surface area contributed by atoms with Crippen LogP contribution in [0.15, 0.2) is 11.5 Å². The maximum atomic E-state index is 11.4. The van der Waals surface area contributed by atoms with Gasteiger partial charge in [0.25, 0.3) is 0 Å². The van der Waals surface area contributed by atoms with Crippen molar-refractivity contribution in [2.45, 2.75) is 56.4 Å². The van der Waals surface area contributed by atoms with E-state index in [9.17, 15) is 4.57 Å². The molecule has 8 nitrogen and oxygen atoms in total. The number of aromatic nitrogens is 4. The minimum Gasteiger partial charge on any atom is -0.382 e. The van der Waals surface area contributed by atoms with Gasteiger partial charge in [-0.1, -0.05) is 18.7 Å². The molecular formula is C16H22N5O3PS. The monoisotopic (exact) mass is 395 g/mol. The van der Waals surface area contributed by atoms with Gasteiger partial charge in [0.1, 0.15) is 11.6 Å². The molecule has 0 amide bonds. The molecule has 3 heterocycles. The second-order valence-corrected chi connectivity index (χ2v) is 9.00. The van der Waals surface area contributed by atoms with Crippen LogP contribution in [-0.4, -0.2) is 49.9 Å². The molecule has 1 saturated carbocycles. The Hall–Kier alpha value is -1.28. The summed E-state index contributed by atoms with van der Waals surface area (Å²) in [6.07, 6.45) is 4.63. The van der Waals surface area contributed by atoms with Crippen LogP contribution in [0.5, 0.6) is 0 Å². The molecule has 0 radical (unpaired) electrons. The van der Waals surface area contributed by atoms with E-state index >= 15 is 0 Å². The fourth-order valence-electron chi connectivity index (χ4n) is 4.13. The SMILES string of the molecule is CSc1nc(N)c2ncn([C@@H]3C[C@](C)(CP=O)C4OC(C)(C)O[C@@H]43)c2n1. The summed E-state index contributed by atoms with van der Waals surface area (Å²) in [5.41, 5.74) is 7.08. The third-order valence-corrected chi connectivity index (χ3v) is 6.66. The lowest BCUT2D eigenvalue weighted by Crippen LogP contribution is -2.34. The summed E-state index contributed by atoms with van der Waals surface area (Å²) in [5, 5.41) is 0.607. The maximum absolute atomic E-state index is 11.4. The Balaban J connectivity index is 1.81. The number of hydrogen-bond donors (Lipinski definition) is 1. The molecule has 2 aliphatic rings. The number of nitrogens with two attached hydrogens (primary N) is 1. The van der Waals surface area contributed by atoms with E-state index in [0.717, 1.165) is 6.42 Å². The molecule has 2 N–H and O–H groups in total. The van der Waals surface area contributed by atoms with Gasteiger partial charge >= 0.3 is 0 Å². The first-order valence-electron chi connectivity index (χ1n) is 8.47. The summed E-state index contributed by atoms with van der Waals surface area (Å²) in [6.45, 7) is 5.93. The van der Waals surface area contributed by atoms with Crippen molar-refractivity contribution >= 4 is 37.2 Å². The van der Waals surface area contributed by atoms with Crippen LogP contribution in [0.3, 0.4) is 0 Å². The summed E-state index contributed by atoms with van der Waals surface area (Å²) in [5.74, 6) is -0.304. The molecule has 140 valence electrons. The molecule has 2 aromatic heterocycles. The summed E-state index contributed by atoms with van der Waals surface area (Å²) in [4.78, 5) is 13.3. The Morgan fingerprint density at radius 1 is 1.38 bits per heavy atom. The Morgan fingerprint density at radius 2 is 2.15 bits per heavy atom. The van der Waals surface area contributed by atoms with Crippen molar-refractivity contribution in [3.05, 3.63) is 6.33 Å². The van der Waals surface area contributed by atoms with E-state index in [0.29, 0.717) is 28.3 Å². The van der Waals surface area contributed by atoms with Gasteiger partial charge in [-0.05, 0) is 26.5 Å². The lowest BCUT2D eigenvalue weighted by Gasteiger charge is -2.29. The topological polar surface area (TPSA) is 105 Å².